The van der Waals surface area contributed by atoms with Crippen molar-refractivity contribution in [1.29, 1.82) is 0 Å². The molecule has 0 saturated heterocycles. The van der Waals surface area contributed by atoms with Gasteiger partial charge in [-0.25, -0.2) is 4.79 Å². The molecule has 2 rings (SSSR count). The van der Waals surface area contributed by atoms with Gasteiger partial charge in [0, 0.05) is 6.04 Å². The predicted molar refractivity (Wildman–Crippen MR) is 86.5 cm³/mol. The molecule has 1 fully saturated rings. The summed E-state index contributed by atoms with van der Waals surface area (Å²) in [5.74, 6) is 0.385. The monoisotopic (exact) mass is 290 g/mol. The maximum atomic E-state index is 11.8. The van der Waals surface area contributed by atoms with Crippen molar-refractivity contribution in [3.8, 4) is 0 Å². The van der Waals surface area contributed by atoms with E-state index < -0.39 is 0 Å². The van der Waals surface area contributed by atoms with Crippen molar-refractivity contribution in [2.75, 3.05) is 17.7 Å². The number of carbonyl (C=O) groups excluding carboxylic acids is 1. The van der Waals surface area contributed by atoms with Gasteiger partial charge < -0.3 is 15.8 Å². The number of benzene rings is 1. The summed E-state index contributed by atoms with van der Waals surface area (Å²) in [7, 11) is 0. The molecule has 1 unspecified atom stereocenters. The van der Waals surface area contributed by atoms with E-state index in [0.29, 0.717) is 29.8 Å². The lowest BCUT2D eigenvalue weighted by Crippen LogP contribution is -2.28. The third kappa shape index (κ3) is 4.13. The Bertz CT molecular complexity index is 482. The normalized spacial score (nSPS) is 17.2. The van der Waals surface area contributed by atoms with Gasteiger partial charge in [-0.3, -0.25) is 0 Å². The van der Waals surface area contributed by atoms with Crippen LogP contribution in [-0.4, -0.2) is 18.6 Å². The number of anilines is 2. The van der Waals surface area contributed by atoms with E-state index in [1.54, 1.807) is 25.1 Å². The fourth-order valence-electron chi connectivity index (χ4n) is 3.02. The summed E-state index contributed by atoms with van der Waals surface area (Å²) in [6.07, 6.45) is 6.52. The van der Waals surface area contributed by atoms with Crippen LogP contribution in [-0.2, 0) is 4.74 Å². The number of carbonyl (C=O) groups is 1. The van der Waals surface area contributed by atoms with E-state index >= 15 is 0 Å². The Labute approximate surface area is 127 Å². The maximum Gasteiger partial charge on any atom is 0.338 e. The van der Waals surface area contributed by atoms with Crippen LogP contribution in [0.15, 0.2) is 18.2 Å². The maximum absolute atomic E-state index is 11.8. The second-order valence-corrected chi connectivity index (χ2v) is 5.85. The van der Waals surface area contributed by atoms with Gasteiger partial charge in [0.25, 0.3) is 0 Å². The largest absolute Gasteiger partial charge is 0.462 e. The molecule has 1 aromatic carbocycles. The van der Waals surface area contributed by atoms with Crippen molar-refractivity contribution in [3.05, 3.63) is 23.8 Å². The highest BCUT2D eigenvalue weighted by Gasteiger charge is 2.20. The van der Waals surface area contributed by atoms with Crippen LogP contribution < -0.4 is 11.1 Å². The fourth-order valence-corrected chi connectivity index (χ4v) is 3.02. The van der Waals surface area contributed by atoms with Crippen LogP contribution in [0, 0.1) is 5.92 Å². The van der Waals surface area contributed by atoms with Crippen molar-refractivity contribution in [3.63, 3.8) is 0 Å². The zero-order valence-electron chi connectivity index (χ0n) is 13.0. The standard InChI is InChI=1S/C17H26N2O2/c1-3-21-17(20)14-9-10-15(18)16(11-14)19-12(2)13-7-5-4-6-8-13/h9-13,19H,3-8,18H2,1-2H3. The van der Waals surface area contributed by atoms with Crippen molar-refractivity contribution in [2.45, 2.75) is 52.0 Å². The van der Waals surface area contributed by atoms with Gasteiger partial charge in [0.2, 0.25) is 0 Å². The first-order valence-corrected chi connectivity index (χ1v) is 7.95. The van der Waals surface area contributed by atoms with Crippen molar-refractivity contribution < 1.29 is 9.53 Å². The van der Waals surface area contributed by atoms with Gasteiger partial charge in [0.15, 0.2) is 0 Å². The molecule has 0 spiro atoms. The second kappa shape index (κ2) is 7.34. The molecule has 0 aromatic heterocycles. The quantitative estimate of drug-likeness (QED) is 0.639. The number of nitrogen functional groups attached to an aromatic ring is 1. The SMILES string of the molecule is CCOC(=O)c1ccc(N)c(NC(C)C2CCCCC2)c1. The summed E-state index contributed by atoms with van der Waals surface area (Å²) in [5, 5.41) is 3.48. The summed E-state index contributed by atoms with van der Waals surface area (Å²) in [6, 6.07) is 5.64. The van der Waals surface area contributed by atoms with E-state index in [4.69, 9.17) is 10.5 Å². The van der Waals surface area contributed by atoms with Crippen molar-refractivity contribution >= 4 is 17.3 Å². The summed E-state index contributed by atoms with van der Waals surface area (Å²) in [4.78, 5) is 11.8. The first kappa shape index (κ1) is 15.7. The first-order valence-electron chi connectivity index (χ1n) is 7.95. The van der Waals surface area contributed by atoms with Crippen LogP contribution in [0.1, 0.15) is 56.3 Å². The van der Waals surface area contributed by atoms with Crippen LogP contribution in [0.2, 0.25) is 0 Å². The molecule has 116 valence electrons. The summed E-state index contributed by atoms with van der Waals surface area (Å²) < 4.78 is 5.04. The molecule has 1 aliphatic carbocycles. The molecule has 1 aliphatic rings. The van der Waals surface area contributed by atoms with Crippen molar-refractivity contribution in [2.24, 2.45) is 5.92 Å². The molecule has 4 heteroatoms. The number of nitrogens with two attached hydrogens (primary N) is 1. The number of nitrogens with one attached hydrogen (secondary N) is 1. The van der Waals surface area contributed by atoms with Crippen LogP contribution in [0.25, 0.3) is 0 Å². The van der Waals surface area contributed by atoms with Crippen LogP contribution in [0.5, 0.6) is 0 Å². The number of esters is 1. The molecular formula is C17H26N2O2. The van der Waals surface area contributed by atoms with Crippen LogP contribution >= 0.6 is 0 Å². The highest BCUT2D eigenvalue weighted by atomic mass is 16.5. The topological polar surface area (TPSA) is 64.3 Å². The van der Waals surface area contributed by atoms with Gasteiger partial charge >= 0.3 is 5.97 Å². The number of rotatable bonds is 5. The van der Waals surface area contributed by atoms with Gasteiger partial charge in [-0.15, -0.1) is 0 Å². The highest BCUT2D eigenvalue weighted by Crippen LogP contribution is 2.29. The zero-order chi connectivity index (χ0) is 15.2. The molecule has 3 N–H and O–H groups in total. The minimum absolute atomic E-state index is 0.300. The number of hydrogen-bond acceptors (Lipinski definition) is 4. The van der Waals surface area contributed by atoms with Gasteiger partial charge in [-0.1, -0.05) is 19.3 Å². The molecule has 0 amide bonds. The van der Waals surface area contributed by atoms with E-state index in [2.05, 4.69) is 12.2 Å². The van der Waals surface area contributed by atoms with Gasteiger partial charge in [-0.2, -0.15) is 0 Å². The van der Waals surface area contributed by atoms with Gasteiger partial charge in [-0.05, 0) is 50.8 Å². The van der Waals surface area contributed by atoms with Gasteiger partial charge in [0.05, 0.1) is 23.5 Å². The first-order chi connectivity index (χ1) is 10.1. The van der Waals surface area contributed by atoms with Gasteiger partial charge in [0.1, 0.15) is 0 Å². The van der Waals surface area contributed by atoms with E-state index in [0.717, 1.165) is 5.69 Å². The Morgan fingerprint density at radius 2 is 2.10 bits per heavy atom. The van der Waals surface area contributed by atoms with Crippen molar-refractivity contribution in [1.82, 2.24) is 0 Å². The molecular weight excluding hydrogens is 264 g/mol. The highest BCUT2D eigenvalue weighted by molar-refractivity contribution is 5.92. The fraction of sp³-hybridized carbons (Fsp3) is 0.588. The Morgan fingerprint density at radius 3 is 2.76 bits per heavy atom. The zero-order valence-corrected chi connectivity index (χ0v) is 13.0. The molecule has 1 saturated carbocycles. The molecule has 0 heterocycles. The van der Waals surface area contributed by atoms with E-state index in [-0.39, 0.29) is 5.97 Å². The average Bonchev–Trinajstić information content (AvgIpc) is 2.50. The molecule has 0 bridgehead atoms. The minimum Gasteiger partial charge on any atom is -0.462 e. The molecule has 0 aliphatic heterocycles. The third-order valence-electron chi connectivity index (χ3n) is 4.30. The van der Waals surface area contributed by atoms with Crippen LogP contribution in [0.3, 0.4) is 0 Å². The van der Waals surface area contributed by atoms with E-state index in [1.807, 2.05) is 0 Å². The average molecular weight is 290 g/mol. The smallest absolute Gasteiger partial charge is 0.338 e. The summed E-state index contributed by atoms with van der Waals surface area (Å²) in [6.45, 7) is 4.39. The van der Waals surface area contributed by atoms with Crippen LogP contribution in [0.4, 0.5) is 11.4 Å². The molecule has 21 heavy (non-hydrogen) atoms. The lowest BCUT2D eigenvalue weighted by molar-refractivity contribution is 0.0526. The Kier molecular flexibility index (Phi) is 5.48. The minimum atomic E-state index is -0.300. The lowest BCUT2D eigenvalue weighted by atomic mass is 9.84. The molecule has 1 atom stereocenters. The Balaban J connectivity index is 2.07. The molecule has 4 nitrogen and oxygen atoms in total. The summed E-state index contributed by atoms with van der Waals surface area (Å²) >= 11 is 0. The molecule has 1 aromatic rings. The predicted octanol–water partition coefficient (Wildman–Crippen LogP) is 3.83. The lowest BCUT2D eigenvalue weighted by Gasteiger charge is -2.29. The van der Waals surface area contributed by atoms with E-state index in [1.165, 1.54) is 32.1 Å². The third-order valence-corrected chi connectivity index (χ3v) is 4.30. The summed E-state index contributed by atoms with van der Waals surface area (Å²) in [5.41, 5.74) is 8.08. The molecule has 0 radical (unpaired) electrons. The Morgan fingerprint density at radius 1 is 1.38 bits per heavy atom. The van der Waals surface area contributed by atoms with E-state index in [9.17, 15) is 4.79 Å². The Hall–Kier alpha value is -1.71. The number of ether oxygens (including phenoxy) is 1. The second-order valence-electron chi connectivity index (χ2n) is 5.85. The number of hydrogen-bond donors (Lipinski definition) is 2.